The number of fused-ring (bicyclic) bond motifs is 1. The molecule has 1 saturated heterocycles. The second-order valence-corrected chi connectivity index (χ2v) is 9.24. The van der Waals surface area contributed by atoms with Gasteiger partial charge in [-0.15, -0.1) is 0 Å². The molecule has 1 aliphatic heterocycles. The quantitative estimate of drug-likeness (QED) is 0.330. The molecule has 1 aromatic carbocycles. The molecule has 10 nitrogen and oxygen atoms in total. The first-order valence-electron chi connectivity index (χ1n) is 12.5. The molecule has 0 spiro atoms. The molecule has 0 unspecified atom stereocenters. The molecule has 5 aromatic rings. The number of rotatable bonds is 8. The first kappa shape index (κ1) is 23.0. The number of anilines is 1. The standard InChI is InChI=1S/C27H28N8O2/c36-27(37-23-15-31-35(19-23)17-20-6-2-1-3-7-20)32-25-16-29-26-24(25)12-21(13-28-26)22-14-30-34(18-22)11-10-33-8-4-5-9-33/h1-3,6-7,12-16,18-19H,4-5,8-11,17H2,(H,28,29)(H,32,36). The fourth-order valence-corrected chi connectivity index (χ4v) is 4.65. The Morgan fingerprint density at radius 3 is 2.68 bits per heavy atom. The minimum Gasteiger partial charge on any atom is -0.407 e. The maximum Gasteiger partial charge on any atom is 0.417 e. The van der Waals surface area contributed by atoms with E-state index in [4.69, 9.17) is 4.74 Å². The van der Waals surface area contributed by atoms with Gasteiger partial charge in [0.05, 0.1) is 37.4 Å². The lowest BCUT2D eigenvalue weighted by Crippen LogP contribution is -2.24. The first-order chi connectivity index (χ1) is 18.2. The number of ether oxygens (including phenoxy) is 1. The summed E-state index contributed by atoms with van der Waals surface area (Å²) in [6.07, 6.45) is 12.6. The maximum absolute atomic E-state index is 12.6. The zero-order chi connectivity index (χ0) is 25.0. The maximum atomic E-state index is 12.6. The molecule has 0 saturated carbocycles. The van der Waals surface area contributed by atoms with Crippen LogP contribution in [-0.2, 0) is 13.1 Å². The van der Waals surface area contributed by atoms with Gasteiger partial charge in [0.1, 0.15) is 5.65 Å². The molecule has 6 rings (SSSR count). The molecule has 0 bridgehead atoms. The van der Waals surface area contributed by atoms with Gasteiger partial charge in [0, 0.05) is 41.6 Å². The lowest BCUT2D eigenvalue weighted by molar-refractivity contribution is 0.215. The van der Waals surface area contributed by atoms with Crippen LogP contribution >= 0.6 is 0 Å². The summed E-state index contributed by atoms with van der Waals surface area (Å²) in [5.41, 5.74) is 4.29. The number of nitrogens with one attached hydrogen (secondary N) is 2. The van der Waals surface area contributed by atoms with Crippen LogP contribution in [-0.4, -0.2) is 60.2 Å². The Labute approximate surface area is 213 Å². The van der Waals surface area contributed by atoms with Crippen molar-refractivity contribution in [2.24, 2.45) is 0 Å². The van der Waals surface area contributed by atoms with Crippen LogP contribution in [0, 0.1) is 0 Å². The third-order valence-electron chi connectivity index (χ3n) is 6.59. The monoisotopic (exact) mass is 496 g/mol. The van der Waals surface area contributed by atoms with Crippen LogP contribution in [0.5, 0.6) is 5.75 Å². The Morgan fingerprint density at radius 1 is 0.973 bits per heavy atom. The van der Waals surface area contributed by atoms with Crippen molar-refractivity contribution in [3.63, 3.8) is 0 Å². The smallest absolute Gasteiger partial charge is 0.407 e. The van der Waals surface area contributed by atoms with E-state index >= 15 is 0 Å². The zero-order valence-corrected chi connectivity index (χ0v) is 20.4. The van der Waals surface area contributed by atoms with Crippen molar-refractivity contribution in [2.75, 3.05) is 25.0 Å². The van der Waals surface area contributed by atoms with Crippen LogP contribution in [0.3, 0.4) is 0 Å². The van der Waals surface area contributed by atoms with Crippen molar-refractivity contribution >= 4 is 22.8 Å². The highest BCUT2D eigenvalue weighted by Crippen LogP contribution is 2.27. The molecule has 1 fully saturated rings. The highest BCUT2D eigenvalue weighted by Gasteiger charge is 2.14. The van der Waals surface area contributed by atoms with E-state index in [2.05, 4.69) is 30.4 Å². The van der Waals surface area contributed by atoms with Crippen molar-refractivity contribution in [3.8, 4) is 16.9 Å². The molecule has 1 aliphatic rings. The summed E-state index contributed by atoms with van der Waals surface area (Å²) in [6.45, 7) is 4.82. The molecular weight excluding hydrogens is 468 g/mol. The summed E-state index contributed by atoms with van der Waals surface area (Å²) in [5.74, 6) is 0.369. The molecule has 37 heavy (non-hydrogen) atoms. The molecular formula is C27H28N8O2. The lowest BCUT2D eigenvalue weighted by atomic mass is 10.1. The van der Waals surface area contributed by atoms with Gasteiger partial charge in [-0.3, -0.25) is 14.7 Å². The van der Waals surface area contributed by atoms with Crippen molar-refractivity contribution < 1.29 is 9.53 Å². The molecule has 0 aliphatic carbocycles. The predicted molar refractivity (Wildman–Crippen MR) is 140 cm³/mol. The number of pyridine rings is 1. The van der Waals surface area contributed by atoms with Crippen molar-refractivity contribution in [1.29, 1.82) is 0 Å². The normalized spacial score (nSPS) is 13.8. The topological polar surface area (TPSA) is 106 Å². The third-order valence-corrected chi connectivity index (χ3v) is 6.59. The number of H-pyrrole nitrogens is 1. The van der Waals surface area contributed by atoms with Crippen molar-refractivity contribution in [3.05, 3.63) is 79.1 Å². The van der Waals surface area contributed by atoms with Crippen molar-refractivity contribution in [1.82, 2.24) is 34.4 Å². The first-order valence-corrected chi connectivity index (χ1v) is 12.5. The van der Waals surface area contributed by atoms with Gasteiger partial charge in [0.15, 0.2) is 5.75 Å². The van der Waals surface area contributed by atoms with Gasteiger partial charge in [-0.05, 0) is 37.6 Å². The highest BCUT2D eigenvalue weighted by molar-refractivity contribution is 5.99. The number of likely N-dealkylation sites (tertiary alicyclic amines) is 1. The number of hydrogen-bond donors (Lipinski definition) is 2. The number of carbonyl (C=O) groups excluding carboxylic acids is 1. The van der Waals surface area contributed by atoms with Gasteiger partial charge < -0.3 is 14.6 Å². The Balaban J connectivity index is 1.11. The van der Waals surface area contributed by atoms with Crippen LogP contribution < -0.4 is 10.1 Å². The number of nitrogens with zero attached hydrogens (tertiary/aromatic N) is 6. The van der Waals surface area contributed by atoms with E-state index in [1.165, 1.54) is 32.1 Å². The van der Waals surface area contributed by atoms with Gasteiger partial charge >= 0.3 is 6.09 Å². The fourth-order valence-electron chi connectivity index (χ4n) is 4.65. The van der Waals surface area contributed by atoms with Gasteiger partial charge in [-0.2, -0.15) is 10.2 Å². The molecule has 4 aromatic heterocycles. The average Bonchev–Trinajstić information content (AvgIpc) is 3.72. The van der Waals surface area contributed by atoms with E-state index in [0.717, 1.165) is 35.2 Å². The Bertz CT molecular complexity index is 1500. The number of amides is 1. The summed E-state index contributed by atoms with van der Waals surface area (Å²) in [6, 6.07) is 12.0. The summed E-state index contributed by atoms with van der Waals surface area (Å²) >= 11 is 0. The number of benzene rings is 1. The van der Waals surface area contributed by atoms with Gasteiger partial charge in [0.2, 0.25) is 0 Å². The number of carbonyl (C=O) groups is 1. The molecule has 0 radical (unpaired) electrons. The summed E-state index contributed by atoms with van der Waals surface area (Å²) in [4.78, 5) is 22.7. The minimum absolute atomic E-state index is 0.369. The molecule has 1 amide bonds. The van der Waals surface area contributed by atoms with E-state index in [9.17, 15) is 4.79 Å². The molecule has 0 atom stereocenters. The Hall–Kier alpha value is -4.44. The lowest BCUT2D eigenvalue weighted by Gasteiger charge is -2.13. The Morgan fingerprint density at radius 2 is 1.81 bits per heavy atom. The Kier molecular flexibility index (Phi) is 6.38. The number of hydrogen-bond acceptors (Lipinski definition) is 6. The highest BCUT2D eigenvalue weighted by atomic mass is 16.6. The molecule has 188 valence electrons. The molecule has 10 heteroatoms. The van der Waals surface area contributed by atoms with Crippen LogP contribution in [0.4, 0.5) is 10.5 Å². The second kappa shape index (κ2) is 10.3. The van der Waals surface area contributed by atoms with Crippen LogP contribution in [0.25, 0.3) is 22.2 Å². The molecule has 2 N–H and O–H groups in total. The molecule has 5 heterocycles. The summed E-state index contributed by atoms with van der Waals surface area (Å²) < 4.78 is 9.16. The van der Waals surface area contributed by atoms with Gasteiger partial charge in [0.25, 0.3) is 0 Å². The van der Waals surface area contributed by atoms with Crippen molar-refractivity contribution in [2.45, 2.75) is 25.9 Å². The largest absolute Gasteiger partial charge is 0.417 e. The minimum atomic E-state index is -0.597. The van der Waals surface area contributed by atoms with E-state index in [1.54, 1.807) is 17.1 Å². The fraction of sp³-hybridized carbons (Fsp3) is 0.259. The average molecular weight is 497 g/mol. The SMILES string of the molecule is O=C(Nc1c[nH]c2ncc(-c3cnn(CCN4CCCC4)c3)cc12)Oc1cnn(Cc2ccccc2)c1. The van der Waals surface area contributed by atoms with Crippen LogP contribution in [0.15, 0.2) is 73.6 Å². The third kappa shape index (κ3) is 5.39. The summed E-state index contributed by atoms with van der Waals surface area (Å²) in [7, 11) is 0. The van der Waals surface area contributed by atoms with Gasteiger partial charge in [-0.1, -0.05) is 30.3 Å². The number of aromatic amines is 1. The van der Waals surface area contributed by atoms with Gasteiger partial charge in [-0.25, -0.2) is 9.78 Å². The second-order valence-electron chi connectivity index (χ2n) is 9.24. The van der Waals surface area contributed by atoms with Crippen LogP contribution in [0.1, 0.15) is 18.4 Å². The number of aromatic nitrogens is 6. The van der Waals surface area contributed by atoms with E-state index < -0.39 is 6.09 Å². The zero-order valence-electron chi connectivity index (χ0n) is 20.4. The van der Waals surface area contributed by atoms with E-state index in [0.29, 0.717) is 23.6 Å². The van der Waals surface area contributed by atoms with Crippen LogP contribution in [0.2, 0.25) is 0 Å². The predicted octanol–water partition coefficient (Wildman–Crippen LogP) is 4.38. The summed E-state index contributed by atoms with van der Waals surface area (Å²) in [5, 5.41) is 12.4. The van der Waals surface area contributed by atoms with E-state index in [-0.39, 0.29) is 0 Å². The van der Waals surface area contributed by atoms with E-state index in [1.807, 2.05) is 59.7 Å².